The molecule has 0 heterocycles. The minimum atomic E-state index is -0.112. The number of para-hydroxylation sites is 2. The van der Waals surface area contributed by atoms with Gasteiger partial charge in [-0.2, -0.15) is 0 Å². The van der Waals surface area contributed by atoms with Crippen LogP contribution < -0.4 is 10.2 Å². The molecule has 0 N–H and O–H groups in total. The van der Waals surface area contributed by atoms with Crippen LogP contribution in [0.5, 0.6) is 11.5 Å². The average Bonchev–Trinajstić information content (AvgIpc) is 2.84. The fourth-order valence-electron chi connectivity index (χ4n) is 3.64. The Kier molecular flexibility index (Phi) is 12.7. The molecular formula is C30H24Br2Cl2CoN2O2. The molecule has 0 atom stereocenters. The number of benzene rings is 4. The van der Waals surface area contributed by atoms with Gasteiger partial charge in [0, 0.05) is 31.4 Å². The molecule has 4 nitrogen and oxygen atoms in total. The number of halogens is 4. The number of aryl methyl sites for hydroxylation is 4. The first kappa shape index (κ1) is 33.1. The van der Waals surface area contributed by atoms with E-state index in [4.69, 9.17) is 23.2 Å². The Morgan fingerprint density at radius 3 is 1.23 bits per heavy atom. The molecule has 0 fully saturated rings. The van der Waals surface area contributed by atoms with Gasteiger partial charge in [0.25, 0.3) is 0 Å². The van der Waals surface area contributed by atoms with Crippen LogP contribution in [0.1, 0.15) is 33.4 Å². The number of aliphatic imine (C=N–C) groups is 2. The van der Waals surface area contributed by atoms with Gasteiger partial charge in [0.1, 0.15) is 0 Å². The van der Waals surface area contributed by atoms with Gasteiger partial charge in [0.05, 0.1) is 11.4 Å². The maximum atomic E-state index is 11.9. The van der Waals surface area contributed by atoms with Gasteiger partial charge in [-0.15, -0.1) is 0 Å². The van der Waals surface area contributed by atoms with Crippen molar-refractivity contribution in [3.8, 4) is 11.5 Å². The molecule has 0 amide bonds. The van der Waals surface area contributed by atoms with Gasteiger partial charge >= 0.3 is 16.8 Å². The van der Waals surface area contributed by atoms with E-state index in [1.807, 2.05) is 64.1 Å². The first-order valence-electron chi connectivity index (χ1n) is 11.5. The number of rotatable bonds is 4. The topological polar surface area (TPSA) is 70.8 Å². The van der Waals surface area contributed by atoms with Crippen molar-refractivity contribution in [1.82, 2.24) is 0 Å². The fourth-order valence-corrected chi connectivity index (χ4v) is 5.31. The molecule has 0 aliphatic carbocycles. The van der Waals surface area contributed by atoms with Gasteiger partial charge in [-0.05, 0) is 85.3 Å². The molecular weight excluding hydrogens is 710 g/mol. The van der Waals surface area contributed by atoms with E-state index in [1.54, 1.807) is 36.7 Å². The maximum absolute atomic E-state index is 11.9. The average molecular weight is 734 g/mol. The van der Waals surface area contributed by atoms with E-state index < -0.39 is 0 Å². The molecule has 9 heteroatoms. The standard InChI is InChI=1S/2C15H13BrClNO.Co/c2*1-9-4-3-5-10(2)14(9)18-8-11-6-12(17)7-13(16)15(11)19;/h2*3-8,19H,1-2H3;/q;;+2/p-2. The molecule has 203 valence electrons. The Bertz CT molecular complexity index is 1390. The van der Waals surface area contributed by atoms with Crippen molar-refractivity contribution in [3.05, 3.63) is 113 Å². The minimum absolute atomic E-state index is 0. The van der Waals surface area contributed by atoms with Crippen molar-refractivity contribution in [2.75, 3.05) is 0 Å². The molecule has 0 saturated carbocycles. The fraction of sp³-hybridized carbons (Fsp3) is 0.133. The summed E-state index contributed by atoms with van der Waals surface area (Å²) in [5.74, 6) is -0.223. The predicted molar refractivity (Wildman–Crippen MR) is 164 cm³/mol. The van der Waals surface area contributed by atoms with Crippen LogP contribution in [-0.4, -0.2) is 12.4 Å². The number of hydrogen-bond acceptors (Lipinski definition) is 4. The summed E-state index contributed by atoms with van der Waals surface area (Å²) in [6.45, 7) is 7.97. The van der Waals surface area contributed by atoms with E-state index in [9.17, 15) is 10.2 Å². The van der Waals surface area contributed by atoms with Crippen LogP contribution in [0.25, 0.3) is 0 Å². The molecule has 0 aliphatic heterocycles. The van der Waals surface area contributed by atoms with Crippen LogP contribution in [0.4, 0.5) is 11.4 Å². The minimum Gasteiger partial charge on any atom is -0.871 e. The second-order valence-electron chi connectivity index (χ2n) is 8.61. The molecule has 1 radical (unpaired) electrons. The van der Waals surface area contributed by atoms with E-state index in [2.05, 4.69) is 41.8 Å². The third kappa shape index (κ3) is 8.93. The largest absolute Gasteiger partial charge is 2.00 e. The van der Waals surface area contributed by atoms with E-state index in [1.165, 1.54) is 0 Å². The normalized spacial score (nSPS) is 10.9. The number of nitrogens with zero attached hydrogens (tertiary/aromatic N) is 2. The molecule has 4 rings (SSSR count). The molecule has 39 heavy (non-hydrogen) atoms. The van der Waals surface area contributed by atoms with Gasteiger partial charge in [-0.25, -0.2) is 0 Å². The Labute approximate surface area is 266 Å². The Morgan fingerprint density at radius 1 is 0.615 bits per heavy atom. The summed E-state index contributed by atoms with van der Waals surface area (Å²) in [7, 11) is 0. The summed E-state index contributed by atoms with van der Waals surface area (Å²) < 4.78 is 0.894. The van der Waals surface area contributed by atoms with E-state index >= 15 is 0 Å². The molecule has 0 spiro atoms. The quantitative estimate of drug-likeness (QED) is 0.197. The van der Waals surface area contributed by atoms with Crippen molar-refractivity contribution in [3.63, 3.8) is 0 Å². The maximum Gasteiger partial charge on any atom is 2.00 e. The van der Waals surface area contributed by atoms with Crippen molar-refractivity contribution in [1.29, 1.82) is 0 Å². The van der Waals surface area contributed by atoms with Crippen molar-refractivity contribution < 1.29 is 27.0 Å². The smallest absolute Gasteiger partial charge is 0.871 e. The van der Waals surface area contributed by atoms with E-state index in [-0.39, 0.29) is 28.3 Å². The first-order valence-corrected chi connectivity index (χ1v) is 13.8. The molecule has 0 unspecified atom stereocenters. The zero-order valence-electron chi connectivity index (χ0n) is 21.5. The van der Waals surface area contributed by atoms with Crippen LogP contribution in [-0.2, 0) is 16.8 Å². The Balaban J connectivity index is 0.000000267. The summed E-state index contributed by atoms with van der Waals surface area (Å²) in [6.07, 6.45) is 3.13. The predicted octanol–water partition coefficient (Wildman–Crippen LogP) is 9.08. The van der Waals surface area contributed by atoms with Crippen LogP contribution in [0.2, 0.25) is 10.0 Å². The van der Waals surface area contributed by atoms with Gasteiger partial charge in [0.2, 0.25) is 0 Å². The molecule has 0 bridgehead atoms. The van der Waals surface area contributed by atoms with Crippen LogP contribution in [0, 0.1) is 27.7 Å². The van der Waals surface area contributed by atoms with Crippen LogP contribution in [0.3, 0.4) is 0 Å². The van der Waals surface area contributed by atoms with Crippen LogP contribution in [0.15, 0.2) is 79.6 Å². The van der Waals surface area contributed by atoms with Crippen LogP contribution >= 0.6 is 55.1 Å². The molecule has 0 saturated heterocycles. The van der Waals surface area contributed by atoms with Gasteiger partial charge in [0.15, 0.2) is 0 Å². The SMILES string of the molecule is Cc1cccc(C)c1N=Cc1cc(Cl)cc(Br)c1[O-].Cc1cccc(C)c1N=Cc1cc(Cl)cc(Br)c1[O-].[Co+2]. The van der Waals surface area contributed by atoms with Crippen molar-refractivity contribution in [2.24, 2.45) is 9.98 Å². The second-order valence-corrected chi connectivity index (χ2v) is 11.2. The summed E-state index contributed by atoms with van der Waals surface area (Å²) in [4.78, 5) is 8.83. The zero-order valence-corrected chi connectivity index (χ0v) is 27.2. The Hall–Kier alpha value is -2.13. The molecule has 4 aromatic rings. The summed E-state index contributed by atoms with van der Waals surface area (Å²) in [5.41, 5.74) is 7.02. The monoisotopic (exact) mass is 731 g/mol. The van der Waals surface area contributed by atoms with Gasteiger partial charge in [-0.1, -0.05) is 103 Å². The first-order chi connectivity index (χ1) is 18.0. The number of hydrogen-bond donors (Lipinski definition) is 0. The molecule has 0 aliphatic rings. The molecule has 0 aromatic heterocycles. The third-order valence-electron chi connectivity index (χ3n) is 5.62. The third-order valence-corrected chi connectivity index (χ3v) is 7.23. The Morgan fingerprint density at radius 2 is 0.923 bits per heavy atom. The summed E-state index contributed by atoms with van der Waals surface area (Å²) in [5, 5.41) is 24.8. The van der Waals surface area contributed by atoms with Gasteiger partial charge in [-0.3, -0.25) is 9.98 Å². The summed E-state index contributed by atoms with van der Waals surface area (Å²) >= 11 is 18.3. The zero-order chi connectivity index (χ0) is 28.0. The second kappa shape index (κ2) is 15.0. The van der Waals surface area contributed by atoms with Crippen molar-refractivity contribution in [2.45, 2.75) is 27.7 Å². The molecule has 4 aromatic carbocycles. The van der Waals surface area contributed by atoms with E-state index in [0.29, 0.717) is 30.1 Å². The summed E-state index contributed by atoms with van der Waals surface area (Å²) in [6, 6.07) is 18.3. The van der Waals surface area contributed by atoms with Crippen molar-refractivity contribution >= 4 is 78.9 Å². The van der Waals surface area contributed by atoms with Gasteiger partial charge < -0.3 is 10.2 Å². The van der Waals surface area contributed by atoms with E-state index in [0.717, 1.165) is 33.6 Å².